The lowest BCUT2D eigenvalue weighted by Crippen LogP contribution is -2.49. The molecule has 1 fully saturated rings. The number of amides is 1. The van der Waals surface area contributed by atoms with Gasteiger partial charge in [-0.15, -0.1) is 0 Å². The summed E-state index contributed by atoms with van der Waals surface area (Å²) in [5.74, 6) is 0.499. The summed E-state index contributed by atoms with van der Waals surface area (Å²) in [7, 11) is 1.96. The SMILES string of the molecule is CCOC(=O)c1ccc(N2CCN(C(=O)c3cn(C)c4ccccc34)CC2)nc1. The first kappa shape index (κ1) is 19.0. The van der Waals surface area contributed by atoms with E-state index in [2.05, 4.69) is 9.88 Å². The molecule has 150 valence electrons. The molecule has 7 heteroatoms. The normalized spacial score (nSPS) is 14.3. The number of ether oxygens (including phenoxy) is 1. The number of hydrogen-bond acceptors (Lipinski definition) is 5. The Balaban J connectivity index is 1.42. The van der Waals surface area contributed by atoms with Gasteiger partial charge in [0.05, 0.1) is 17.7 Å². The lowest BCUT2D eigenvalue weighted by molar-refractivity contribution is 0.0525. The summed E-state index contributed by atoms with van der Waals surface area (Å²) in [6.07, 6.45) is 3.45. The molecule has 7 nitrogen and oxygen atoms in total. The number of para-hydroxylation sites is 1. The number of nitrogens with zero attached hydrogens (tertiary/aromatic N) is 4. The standard InChI is InChI=1S/C22H24N4O3/c1-3-29-22(28)16-8-9-20(23-14-16)25-10-12-26(13-11-25)21(27)18-15-24(2)19-7-5-4-6-17(18)19/h4-9,14-15H,3,10-13H2,1-2H3. The van der Waals surface area contributed by atoms with Crippen molar-refractivity contribution in [3.63, 3.8) is 0 Å². The van der Waals surface area contributed by atoms with E-state index in [0.717, 1.165) is 22.3 Å². The van der Waals surface area contributed by atoms with Crippen molar-refractivity contribution in [3.8, 4) is 0 Å². The molecular weight excluding hydrogens is 368 g/mol. The average Bonchev–Trinajstić information content (AvgIpc) is 3.10. The number of fused-ring (bicyclic) bond motifs is 1. The van der Waals surface area contributed by atoms with Gasteiger partial charge in [0, 0.05) is 56.5 Å². The van der Waals surface area contributed by atoms with E-state index in [1.807, 2.05) is 53.0 Å². The summed E-state index contributed by atoms with van der Waals surface area (Å²) < 4.78 is 6.98. The number of benzene rings is 1. The van der Waals surface area contributed by atoms with E-state index in [-0.39, 0.29) is 11.9 Å². The van der Waals surface area contributed by atoms with Gasteiger partial charge in [0.15, 0.2) is 0 Å². The van der Waals surface area contributed by atoms with E-state index in [4.69, 9.17) is 4.74 Å². The topological polar surface area (TPSA) is 67.7 Å². The summed E-state index contributed by atoms with van der Waals surface area (Å²) >= 11 is 0. The first-order valence-corrected chi connectivity index (χ1v) is 9.80. The zero-order valence-electron chi connectivity index (χ0n) is 16.7. The van der Waals surface area contributed by atoms with Gasteiger partial charge in [0.2, 0.25) is 0 Å². The molecule has 0 radical (unpaired) electrons. The van der Waals surface area contributed by atoms with Gasteiger partial charge in [0.25, 0.3) is 5.91 Å². The number of esters is 1. The van der Waals surface area contributed by atoms with Crippen LogP contribution >= 0.6 is 0 Å². The van der Waals surface area contributed by atoms with Crippen LogP contribution in [0.2, 0.25) is 0 Å². The smallest absolute Gasteiger partial charge is 0.339 e. The molecule has 0 unspecified atom stereocenters. The minimum absolute atomic E-state index is 0.0621. The second kappa shape index (κ2) is 7.95. The number of aromatic nitrogens is 2. The van der Waals surface area contributed by atoms with E-state index < -0.39 is 0 Å². The van der Waals surface area contributed by atoms with Crippen LogP contribution in [0.15, 0.2) is 48.8 Å². The van der Waals surface area contributed by atoms with Crippen molar-refractivity contribution in [1.82, 2.24) is 14.5 Å². The van der Waals surface area contributed by atoms with Gasteiger partial charge in [-0.25, -0.2) is 9.78 Å². The third-order valence-corrected chi connectivity index (χ3v) is 5.28. The highest BCUT2D eigenvalue weighted by Gasteiger charge is 2.25. The minimum Gasteiger partial charge on any atom is -0.462 e. The minimum atomic E-state index is -0.364. The van der Waals surface area contributed by atoms with Gasteiger partial charge in [-0.05, 0) is 25.1 Å². The number of pyridine rings is 1. The predicted octanol–water partition coefficient (Wildman–Crippen LogP) is 2.71. The van der Waals surface area contributed by atoms with E-state index in [1.165, 1.54) is 0 Å². The van der Waals surface area contributed by atoms with Crippen LogP contribution in [0.1, 0.15) is 27.6 Å². The molecule has 1 amide bonds. The van der Waals surface area contributed by atoms with Crippen LogP contribution in [0.4, 0.5) is 5.82 Å². The van der Waals surface area contributed by atoms with Gasteiger partial charge >= 0.3 is 5.97 Å². The van der Waals surface area contributed by atoms with Crippen LogP contribution in [0.25, 0.3) is 10.9 Å². The third-order valence-electron chi connectivity index (χ3n) is 5.28. The number of rotatable bonds is 4. The van der Waals surface area contributed by atoms with Gasteiger partial charge in [-0.3, -0.25) is 4.79 Å². The number of aryl methyl sites for hydroxylation is 1. The molecule has 1 aliphatic heterocycles. The largest absolute Gasteiger partial charge is 0.462 e. The second-order valence-corrected chi connectivity index (χ2v) is 7.08. The Morgan fingerprint density at radius 1 is 1.07 bits per heavy atom. The third kappa shape index (κ3) is 3.68. The molecule has 2 aromatic heterocycles. The van der Waals surface area contributed by atoms with Crippen molar-refractivity contribution in [1.29, 1.82) is 0 Å². The van der Waals surface area contributed by atoms with Gasteiger partial charge in [-0.2, -0.15) is 0 Å². The number of carbonyl (C=O) groups excluding carboxylic acids is 2. The van der Waals surface area contributed by atoms with Crippen molar-refractivity contribution >= 4 is 28.6 Å². The molecule has 29 heavy (non-hydrogen) atoms. The molecule has 3 aromatic rings. The van der Waals surface area contributed by atoms with Crippen LogP contribution in [-0.4, -0.2) is 59.1 Å². The summed E-state index contributed by atoms with van der Waals surface area (Å²) in [5, 5.41) is 0.985. The fraction of sp³-hybridized carbons (Fsp3) is 0.318. The van der Waals surface area contributed by atoms with E-state index >= 15 is 0 Å². The zero-order chi connectivity index (χ0) is 20.4. The zero-order valence-corrected chi connectivity index (χ0v) is 16.7. The van der Waals surface area contributed by atoms with Crippen molar-refractivity contribution in [2.45, 2.75) is 6.92 Å². The summed E-state index contributed by atoms with van der Waals surface area (Å²) in [5.41, 5.74) is 2.24. The first-order chi connectivity index (χ1) is 14.1. The first-order valence-electron chi connectivity index (χ1n) is 9.80. The number of anilines is 1. The fourth-order valence-electron chi connectivity index (χ4n) is 3.73. The molecule has 4 rings (SSSR count). The monoisotopic (exact) mass is 392 g/mol. The maximum Gasteiger partial charge on any atom is 0.339 e. The van der Waals surface area contributed by atoms with Crippen molar-refractivity contribution in [2.24, 2.45) is 7.05 Å². The molecule has 0 N–H and O–H groups in total. The quantitative estimate of drug-likeness (QED) is 0.639. The molecule has 0 bridgehead atoms. The molecular formula is C22H24N4O3. The predicted molar refractivity (Wildman–Crippen MR) is 111 cm³/mol. The van der Waals surface area contributed by atoms with E-state index in [1.54, 1.807) is 19.2 Å². The molecule has 0 atom stereocenters. The molecule has 1 aromatic carbocycles. The maximum atomic E-state index is 13.1. The van der Waals surface area contributed by atoms with Crippen LogP contribution in [0, 0.1) is 0 Å². The Morgan fingerprint density at radius 3 is 2.52 bits per heavy atom. The second-order valence-electron chi connectivity index (χ2n) is 7.08. The summed E-state index contributed by atoms with van der Waals surface area (Å²) in [4.78, 5) is 33.3. The lowest BCUT2D eigenvalue weighted by Gasteiger charge is -2.35. The molecule has 0 spiro atoms. The van der Waals surface area contributed by atoms with E-state index in [0.29, 0.717) is 38.3 Å². The van der Waals surface area contributed by atoms with Crippen LogP contribution in [0.5, 0.6) is 0 Å². The van der Waals surface area contributed by atoms with Crippen LogP contribution in [-0.2, 0) is 11.8 Å². The highest BCUT2D eigenvalue weighted by molar-refractivity contribution is 6.07. The summed E-state index contributed by atoms with van der Waals surface area (Å²) in [6, 6.07) is 11.5. The highest BCUT2D eigenvalue weighted by Crippen LogP contribution is 2.23. The Kier molecular flexibility index (Phi) is 5.20. The number of hydrogen-bond donors (Lipinski definition) is 0. The van der Waals surface area contributed by atoms with Gasteiger partial charge < -0.3 is 19.1 Å². The van der Waals surface area contributed by atoms with Gasteiger partial charge in [0.1, 0.15) is 5.82 Å². The van der Waals surface area contributed by atoms with Crippen molar-refractivity contribution < 1.29 is 14.3 Å². The summed E-state index contributed by atoms with van der Waals surface area (Å²) in [6.45, 7) is 4.77. The Hall–Kier alpha value is -3.35. The van der Waals surface area contributed by atoms with Crippen molar-refractivity contribution in [3.05, 3.63) is 59.9 Å². The molecule has 1 saturated heterocycles. The number of carbonyl (C=O) groups is 2. The molecule has 3 heterocycles. The fourth-order valence-corrected chi connectivity index (χ4v) is 3.73. The maximum absolute atomic E-state index is 13.1. The van der Waals surface area contributed by atoms with E-state index in [9.17, 15) is 9.59 Å². The highest BCUT2D eigenvalue weighted by atomic mass is 16.5. The Bertz CT molecular complexity index is 1030. The average molecular weight is 392 g/mol. The lowest BCUT2D eigenvalue weighted by atomic mass is 10.1. The molecule has 0 saturated carbocycles. The van der Waals surface area contributed by atoms with Crippen LogP contribution in [0.3, 0.4) is 0 Å². The Morgan fingerprint density at radius 2 is 1.83 bits per heavy atom. The molecule has 0 aliphatic carbocycles. The number of piperazine rings is 1. The molecule has 1 aliphatic rings. The Labute approximate surface area is 169 Å². The van der Waals surface area contributed by atoms with Crippen molar-refractivity contribution in [2.75, 3.05) is 37.7 Å². The van der Waals surface area contributed by atoms with Crippen LogP contribution < -0.4 is 4.90 Å². The van der Waals surface area contributed by atoms with Gasteiger partial charge in [-0.1, -0.05) is 18.2 Å².